The van der Waals surface area contributed by atoms with Gasteiger partial charge in [0.1, 0.15) is 5.56 Å². The summed E-state index contributed by atoms with van der Waals surface area (Å²) in [5, 5.41) is 10.7. The van der Waals surface area contributed by atoms with Crippen LogP contribution in [0.1, 0.15) is 23.7 Å². The van der Waals surface area contributed by atoms with E-state index in [1.807, 2.05) is 6.92 Å². The Hall–Kier alpha value is -1.95. The first-order valence-corrected chi connectivity index (χ1v) is 6.12. The molecule has 1 aliphatic heterocycles. The summed E-state index contributed by atoms with van der Waals surface area (Å²) >= 11 is 5.70. The van der Waals surface area contributed by atoms with Gasteiger partial charge in [-0.2, -0.15) is 0 Å². The topological polar surface area (TPSA) is 76.3 Å². The highest BCUT2D eigenvalue weighted by Gasteiger charge is 2.28. The minimum Gasteiger partial charge on any atom is -0.334 e. The molecule has 6 nitrogen and oxygen atoms in total. The maximum atomic E-state index is 12.3. The molecule has 0 aliphatic carbocycles. The van der Waals surface area contributed by atoms with Gasteiger partial charge < -0.3 is 4.90 Å². The van der Waals surface area contributed by atoms with Crippen LogP contribution < -0.4 is 0 Å². The van der Waals surface area contributed by atoms with E-state index in [0.29, 0.717) is 13.1 Å². The van der Waals surface area contributed by atoms with E-state index in [2.05, 4.69) is 11.1 Å². The fourth-order valence-electron chi connectivity index (χ4n) is 2.03. The predicted molar refractivity (Wildman–Crippen MR) is 70.2 cm³/mol. The van der Waals surface area contributed by atoms with Crippen molar-refractivity contribution in [2.24, 2.45) is 0 Å². The van der Waals surface area contributed by atoms with Crippen LogP contribution in [-0.2, 0) is 0 Å². The second-order valence-electron chi connectivity index (χ2n) is 4.32. The number of halogens is 1. The lowest BCUT2D eigenvalue weighted by Crippen LogP contribution is -2.35. The first-order valence-electron chi connectivity index (χ1n) is 5.74. The molecule has 0 aromatic carbocycles. The number of nitro groups is 1. The molecule has 1 amide bonds. The summed E-state index contributed by atoms with van der Waals surface area (Å²) < 4.78 is 0. The van der Waals surface area contributed by atoms with Gasteiger partial charge >= 0.3 is 5.69 Å². The van der Waals surface area contributed by atoms with E-state index >= 15 is 0 Å². The minimum atomic E-state index is -0.671. The van der Waals surface area contributed by atoms with Gasteiger partial charge in [-0.3, -0.25) is 14.9 Å². The van der Waals surface area contributed by atoms with Crippen LogP contribution in [0, 0.1) is 10.1 Å². The fraction of sp³-hybridized carbons (Fsp3) is 0.333. The number of carbonyl (C=O) groups is 1. The largest absolute Gasteiger partial charge is 0.334 e. The van der Waals surface area contributed by atoms with Crippen LogP contribution in [0.15, 0.2) is 23.9 Å². The predicted octanol–water partition coefficient (Wildman–Crippen LogP) is 2.44. The molecule has 0 bridgehead atoms. The molecule has 1 aliphatic rings. The lowest BCUT2D eigenvalue weighted by atomic mass is 10.1. The van der Waals surface area contributed by atoms with Gasteiger partial charge in [-0.1, -0.05) is 23.3 Å². The second kappa shape index (κ2) is 5.36. The van der Waals surface area contributed by atoms with Gasteiger partial charge in [0.25, 0.3) is 5.91 Å². The van der Waals surface area contributed by atoms with Crippen molar-refractivity contribution in [3.05, 3.63) is 44.7 Å². The molecule has 0 radical (unpaired) electrons. The van der Waals surface area contributed by atoms with Crippen molar-refractivity contribution in [2.75, 3.05) is 13.1 Å². The van der Waals surface area contributed by atoms with Crippen molar-refractivity contribution in [3.63, 3.8) is 0 Å². The Kier molecular flexibility index (Phi) is 3.80. The number of aromatic nitrogens is 1. The van der Waals surface area contributed by atoms with E-state index in [4.69, 9.17) is 11.6 Å². The van der Waals surface area contributed by atoms with Crippen LogP contribution in [0.25, 0.3) is 0 Å². The van der Waals surface area contributed by atoms with Gasteiger partial charge in [-0.05, 0) is 19.4 Å². The van der Waals surface area contributed by atoms with Crippen LogP contribution >= 0.6 is 11.6 Å². The van der Waals surface area contributed by atoms with Gasteiger partial charge in [-0.15, -0.1) is 0 Å². The molecule has 19 heavy (non-hydrogen) atoms. The van der Waals surface area contributed by atoms with Gasteiger partial charge in [0.15, 0.2) is 0 Å². The maximum absolute atomic E-state index is 12.3. The summed E-state index contributed by atoms with van der Waals surface area (Å²) in [5.41, 5.74) is 0.628. The summed E-state index contributed by atoms with van der Waals surface area (Å²) in [5.74, 6) is -0.386. The number of hydrogen-bond donors (Lipinski definition) is 0. The summed E-state index contributed by atoms with van der Waals surface area (Å²) in [6, 6.07) is 1.33. The molecule has 1 aromatic rings. The summed E-state index contributed by atoms with van der Waals surface area (Å²) in [4.78, 5) is 27.9. The van der Waals surface area contributed by atoms with Gasteiger partial charge in [-0.25, -0.2) is 4.98 Å². The average Bonchev–Trinajstić information content (AvgIpc) is 2.37. The number of amides is 1. The summed E-state index contributed by atoms with van der Waals surface area (Å²) in [7, 11) is 0. The van der Waals surface area contributed by atoms with Gasteiger partial charge in [0.05, 0.1) is 4.92 Å². The van der Waals surface area contributed by atoms with Crippen molar-refractivity contribution in [1.82, 2.24) is 9.88 Å². The van der Waals surface area contributed by atoms with Crippen LogP contribution in [0.5, 0.6) is 0 Å². The SMILES string of the molecule is CC1=CCCN(C(=O)c2ccnc(Cl)c2[N+](=O)[O-])C1. The minimum absolute atomic E-state index is 0.0142. The van der Waals surface area contributed by atoms with Gasteiger partial charge in [0.2, 0.25) is 5.15 Å². The number of carbonyl (C=O) groups excluding carboxylic acids is 1. The second-order valence-corrected chi connectivity index (χ2v) is 4.68. The Morgan fingerprint density at radius 3 is 2.95 bits per heavy atom. The normalized spacial score (nSPS) is 15.1. The van der Waals surface area contributed by atoms with E-state index in [0.717, 1.165) is 12.0 Å². The smallest absolute Gasteiger partial charge is 0.319 e. The highest BCUT2D eigenvalue weighted by atomic mass is 35.5. The molecule has 0 atom stereocenters. The average molecular weight is 282 g/mol. The first kappa shape index (κ1) is 13.5. The highest BCUT2D eigenvalue weighted by Crippen LogP contribution is 2.27. The molecular formula is C12H12ClN3O3. The number of pyridine rings is 1. The Labute approximate surface area is 114 Å². The molecule has 2 rings (SSSR count). The summed E-state index contributed by atoms with van der Waals surface area (Å²) in [6.07, 6.45) is 4.11. The van der Waals surface area contributed by atoms with Crippen LogP contribution in [0.2, 0.25) is 5.15 Å². The van der Waals surface area contributed by atoms with Crippen LogP contribution in [-0.4, -0.2) is 33.8 Å². The molecule has 0 unspecified atom stereocenters. The Balaban J connectivity index is 2.37. The molecule has 7 heteroatoms. The monoisotopic (exact) mass is 281 g/mol. The highest BCUT2D eigenvalue weighted by molar-refractivity contribution is 6.32. The number of rotatable bonds is 2. The van der Waals surface area contributed by atoms with E-state index in [1.165, 1.54) is 12.3 Å². The quantitative estimate of drug-likeness (QED) is 0.361. The molecule has 100 valence electrons. The molecule has 2 heterocycles. The Morgan fingerprint density at radius 1 is 1.58 bits per heavy atom. The zero-order valence-electron chi connectivity index (χ0n) is 10.3. The molecule has 0 spiro atoms. The van der Waals surface area contributed by atoms with Crippen molar-refractivity contribution in [1.29, 1.82) is 0 Å². The number of hydrogen-bond acceptors (Lipinski definition) is 4. The van der Waals surface area contributed by atoms with Crippen LogP contribution in [0.4, 0.5) is 5.69 Å². The molecule has 1 aromatic heterocycles. The van der Waals surface area contributed by atoms with Crippen molar-refractivity contribution in [3.8, 4) is 0 Å². The Bertz CT molecular complexity index is 571. The van der Waals surface area contributed by atoms with E-state index in [-0.39, 0.29) is 16.6 Å². The molecular weight excluding hydrogens is 270 g/mol. The lowest BCUT2D eigenvalue weighted by molar-refractivity contribution is -0.385. The molecule has 0 N–H and O–H groups in total. The molecule has 0 saturated heterocycles. The summed E-state index contributed by atoms with van der Waals surface area (Å²) in [6.45, 7) is 2.95. The lowest BCUT2D eigenvalue weighted by Gasteiger charge is -2.26. The van der Waals surface area contributed by atoms with Crippen molar-refractivity contribution in [2.45, 2.75) is 13.3 Å². The first-order chi connectivity index (χ1) is 9.00. The van der Waals surface area contributed by atoms with E-state index in [9.17, 15) is 14.9 Å². The third-order valence-corrected chi connectivity index (χ3v) is 3.19. The van der Waals surface area contributed by atoms with E-state index < -0.39 is 10.6 Å². The third-order valence-electron chi connectivity index (χ3n) is 2.91. The zero-order chi connectivity index (χ0) is 14.0. The fourth-order valence-corrected chi connectivity index (χ4v) is 2.26. The van der Waals surface area contributed by atoms with Gasteiger partial charge in [0, 0.05) is 19.3 Å². The number of nitrogens with zero attached hydrogens (tertiary/aromatic N) is 3. The van der Waals surface area contributed by atoms with Crippen molar-refractivity contribution >= 4 is 23.2 Å². The van der Waals surface area contributed by atoms with E-state index in [1.54, 1.807) is 4.90 Å². The molecule has 0 saturated carbocycles. The van der Waals surface area contributed by atoms with Crippen LogP contribution in [0.3, 0.4) is 0 Å². The molecule has 0 fully saturated rings. The Morgan fingerprint density at radius 2 is 2.32 bits per heavy atom. The maximum Gasteiger partial charge on any atom is 0.319 e. The third kappa shape index (κ3) is 2.73. The zero-order valence-corrected chi connectivity index (χ0v) is 11.1. The standard InChI is InChI=1S/C12H12ClN3O3/c1-8-3-2-6-15(7-8)12(17)9-4-5-14-11(13)10(9)16(18)19/h3-5H,2,6-7H2,1H3. The van der Waals surface area contributed by atoms with Crippen molar-refractivity contribution < 1.29 is 9.72 Å².